The summed E-state index contributed by atoms with van der Waals surface area (Å²) in [5, 5.41) is 9.22. The van der Waals surface area contributed by atoms with Gasteiger partial charge in [-0.3, -0.25) is 4.90 Å². The molecule has 6 heteroatoms. The van der Waals surface area contributed by atoms with Gasteiger partial charge in [-0.1, -0.05) is 0 Å². The Morgan fingerprint density at radius 2 is 1.75 bits per heavy atom. The predicted octanol–water partition coefficient (Wildman–Crippen LogP) is 2.57. The quantitative estimate of drug-likeness (QED) is 0.923. The smallest absolute Gasteiger partial charge is 0.329 e. The summed E-state index contributed by atoms with van der Waals surface area (Å²) in [6, 6.07) is 4.98. The van der Waals surface area contributed by atoms with Crippen molar-refractivity contribution in [2.24, 2.45) is 0 Å². The zero-order valence-corrected chi connectivity index (χ0v) is 12.1. The molecule has 0 atom stereocenters. The Kier molecular flexibility index (Phi) is 4.70. The molecule has 20 heavy (non-hydrogen) atoms. The highest BCUT2D eigenvalue weighted by molar-refractivity contribution is 5.95. The van der Waals surface area contributed by atoms with Gasteiger partial charge in [0.25, 0.3) is 0 Å². The van der Waals surface area contributed by atoms with Crippen LogP contribution in [-0.2, 0) is 4.79 Å². The molecule has 110 valence electrons. The van der Waals surface area contributed by atoms with E-state index in [4.69, 9.17) is 0 Å². The number of hydrogen-bond acceptors (Lipinski definition) is 2. The molecular weight excluding hydrogens is 263 g/mol. The van der Waals surface area contributed by atoms with Crippen LogP contribution in [0.4, 0.5) is 14.9 Å². The van der Waals surface area contributed by atoms with Crippen molar-refractivity contribution in [1.82, 2.24) is 4.90 Å². The molecule has 0 aromatic heterocycles. The van der Waals surface area contributed by atoms with E-state index >= 15 is 0 Å². The van der Waals surface area contributed by atoms with Crippen molar-refractivity contribution in [2.75, 3.05) is 18.5 Å². The molecule has 0 spiro atoms. The Labute approximate surface area is 117 Å². The van der Waals surface area contributed by atoms with Crippen LogP contribution in [0.5, 0.6) is 0 Å². The highest BCUT2D eigenvalue weighted by atomic mass is 19.1. The van der Waals surface area contributed by atoms with Crippen molar-refractivity contribution in [3.8, 4) is 0 Å². The summed E-state index contributed by atoms with van der Waals surface area (Å²) in [6.45, 7) is 4.90. The lowest BCUT2D eigenvalue weighted by Gasteiger charge is -2.36. The van der Waals surface area contributed by atoms with Crippen molar-refractivity contribution in [1.29, 1.82) is 0 Å². The van der Waals surface area contributed by atoms with Crippen LogP contribution < -0.4 is 4.90 Å². The maximum absolute atomic E-state index is 12.9. The van der Waals surface area contributed by atoms with Crippen LogP contribution in [0.2, 0.25) is 0 Å². The minimum absolute atomic E-state index is 0.254. The fourth-order valence-corrected chi connectivity index (χ4v) is 1.84. The van der Waals surface area contributed by atoms with Gasteiger partial charge in [0.05, 0.1) is 0 Å². The van der Waals surface area contributed by atoms with Crippen LogP contribution in [0.15, 0.2) is 24.3 Å². The van der Waals surface area contributed by atoms with Crippen molar-refractivity contribution in [3.63, 3.8) is 0 Å². The second kappa shape index (κ2) is 5.90. The largest absolute Gasteiger partial charge is 0.480 e. The van der Waals surface area contributed by atoms with Crippen LogP contribution >= 0.6 is 0 Å². The molecule has 0 bridgehead atoms. The maximum Gasteiger partial charge on any atom is 0.329 e. The summed E-state index contributed by atoms with van der Waals surface area (Å²) in [6.07, 6.45) is 0. The van der Waals surface area contributed by atoms with Crippen molar-refractivity contribution in [2.45, 2.75) is 26.3 Å². The van der Waals surface area contributed by atoms with Crippen LogP contribution in [0.25, 0.3) is 0 Å². The molecule has 0 aliphatic carbocycles. The number of carboxylic acid groups (broad SMARTS) is 1. The predicted molar refractivity (Wildman–Crippen MR) is 74.3 cm³/mol. The Balaban J connectivity index is 3.02. The number of urea groups is 1. The van der Waals surface area contributed by atoms with Gasteiger partial charge in [0, 0.05) is 19.3 Å². The normalized spacial score (nSPS) is 11.1. The summed E-state index contributed by atoms with van der Waals surface area (Å²) in [4.78, 5) is 26.2. The summed E-state index contributed by atoms with van der Waals surface area (Å²) >= 11 is 0. The maximum atomic E-state index is 12.9. The lowest BCUT2D eigenvalue weighted by atomic mass is 10.0. The molecule has 1 rings (SSSR count). The van der Waals surface area contributed by atoms with Crippen LogP contribution in [0, 0.1) is 5.82 Å². The van der Waals surface area contributed by atoms with Gasteiger partial charge in [0.1, 0.15) is 11.4 Å². The van der Waals surface area contributed by atoms with Crippen molar-refractivity contribution >= 4 is 17.7 Å². The molecule has 0 heterocycles. The fraction of sp³-hybridized carbons (Fsp3) is 0.429. The lowest BCUT2D eigenvalue weighted by Crippen LogP contribution is -2.56. The standard InChI is InChI=1S/C14H19FN2O3/c1-5-17(14(2,3)12(18)19)13(20)16(4)11-8-6-10(15)7-9-11/h6-9H,5H2,1-4H3,(H,18,19). The number of carboxylic acids is 1. The number of halogens is 1. The molecule has 0 saturated heterocycles. The summed E-state index contributed by atoms with van der Waals surface area (Å²) in [5.74, 6) is -1.48. The number of benzene rings is 1. The van der Waals surface area contributed by atoms with Crippen LogP contribution in [0.3, 0.4) is 0 Å². The number of aliphatic carboxylic acids is 1. The van der Waals surface area contributed by atoms with E-state index in [9.17, 15) is 19.1 Å². The van der Waals surface area contributed by atoms with Crippen LogP contribution in [0.1, 0.15) is 20.8 Å². The van der Waals surface area contributed by atoms with E-state index in [0.29, 0.717) is 5.69 Å². The second-order valence-corrected chi connectivity index (χ2v) is 4.93. The Morgan fingerprint density at radius 1 is 1.25 bits per heavy atom. The Morgan fingerprint density at radius 3 is 2.15 bits per heavy atom. The molecule has 0 aliphatic heterocycles. The van der Waals surface area contributed by atoms with Crippen molar-refractivity contribution in [3.05, 3.63) is 30.1 Å². The highest BCUT2D eigenvalue weighted by Gasteiger charge is 2.38. The third-order valence-corrected chi connectivity index (χ3v) is 3.25. The number of amides is 2. The number of likely N-dealkylation sites (N-methyl/N-ethyl adjacent to an activating group) is 1. The van der Waals surface area contributed by atoms with E-state index in [0.717, 1.165) is 0 Å². The molecule has 1 aromatic carbocycles. The SMILES string of the molecule is CCN(C(=O)N(C)c1ccc(F)cc1)C(C)(C)C(=O)O. The fourth-order valence-electron chi connectivity index (χ4n) is 1.84. The van der Waals surface area contributed by atoms with Gasteiger partial charge in [0.2, 0.25) is 0 Å². The van der Waals surface area contributed by atoms with Gasteiger partial charge < -0.3 is 10.0 Å². The zero-order chi connectivity index (χ0) is 15.5. The van der Waals surface area contributed by atoms with Gasteiger partial charge in [0.15, 0.2) is 0 Å². The zero-order valence-electron chi connectivity index (χ0n) is 12.1. The lowest BCUT2D eigenvalue weighted by molar-refractivity contribution is -0.147. The molecular formula is C14H19FN2O3. The second-order valence-electron chi connectivity index (χ2n) is 4.93. The number of carbonyl (C=O) groups excluding carboxylic acids is 1. The van der Waals surface area contributed by atoms with E-state index in [2.05, 4.69) is 0 Å². The van der Waals surface area contributed by atoms with E-state index in [1.54, 1.807) is 6.92 Å². The van der Waals surface area contributed by atoms with E-state index in [1.807, 2.05) is 0 Å². The Hall–Kier alpha value is -2.11. The third kappa shape index (κ3) is 3.07. The summed E-state index contributed by atoms with van der Waals surface area (Å²) < 4.78 is 12.9. The molecule has 1 N–H and O–H groups in total. The molecule has 0 radical (unpaired) electrons. The van der Waals surface area contributed by atoms with E-state index in [1.165, 1.54) is 55.0 Å². The summed E-state index contributed by atoms with van der Waals surface area (Å²) in [7, 11) is 1.52. The first-order valence-electron chi connectivity index (χ1n) is 6.26. The Bertz CT molecular complexity index is 500. The minimum atomic E-state index is -1.32. The summed E-state index contributed by atoms with van der Waals surface area (Å²) in [5.41, 5.74) is -0.823. The molecule has 0 unspecified atom stereocenters. The first-order valence-corrected chi connectivity index (χ1v) is 6.26. The van der Waals surface area contributed by atoms with E-state index in [-0.39, 0.29) is 6.54 Å². The number of rotatable bonds is 4. The van der Waals surface area contributed by atoms with Gasteiger partial charge in [-0.2, -0.15) is 0 Å². The van der Waals surface area contributed by atoms with Gasteiger partial charge in [-0.25, -0.2) is 14.0 Å². The highest BCUT2D eigenvalue weighted by Crippen LogP contribution is 2.20. The molecule has 0 aliphatic rings. The molecule has 0 saturated carbocycles. The third-order valence-electron chi connectivity index (χ3n) is 3.25. The number of anilines is 1. The minimum Gasteiger partial charge on any atom is -0.480 e. The van der Waals surface area contributed by atoms with Gasteiger partial charge in [-0.15, -0.1) is 0 Å². The average Bonchev–Trinajstić information content (AvgIpc) is 2.39. The average molecular weight is 282 g/mol. The number of nitrogens with zero attached hydrogens (tertiary/aromatic N) is 2. The van der Waals surface area contributed by atoms with Crippen molar-refractivity contribution < 1.29 is 19.1 Å². The number of hydrogen-bond donors (Lipinski definition) is 1. The number of carbonyl (C=O) groups is 2. The molecule has 1 aromatic rings. The monoisotopic (exact) mass is 282 g/mol. The first-order chi connectivity index (χ1) is 9.21. The molecule has 2 amide bonds. The topological polar surface area (TPSA) is 60.9 Å². The van der Waals surface area contributed by atoms with Crippen LogP contribution in [-0.4, -0.2) is 41.1 Å². The van der Waals surface area contributed by atoms with E-state index < -0.39 is 23.4 Å². The molecule has 0 fully saturated rings. The molecule has 5 nitrogen and oxygen atoms in total. The van der Waals surface area contributed by atoms with Gasteiger partial charge >= 0.3 is 12.0 Å². The van der Waals surface area contributed by atoms with Gasteiger partial charge in [-0.05, 0) is 45.0 Å². The first kappa shape index (κ1) is 15.9.